The van der Waals surface area contributed by atoms with Crippen molar-refractivity contribution in [1.29, 1.82) is 0 Å². The van der Waals surface area contributed by atoms with E-state index in [0.29, 0.717) is 24.6 Å². The van der Waals surface area contributed by atoms with E-state index in [-0.39, 0.29) is 0 Å². The van der Waals surface area contributed by atoms with E-state index in [2.05, 4.69) is 51.0 Å². The van der Waals surface area contributed by atoms with Gasteiger partial charge in [-0.3, -0.25) is 15.2 Å². The number of aliphatic hydroxyl groups excluding tert-OH is 1. The van der Waals surface area contributed by atoms with Crippen molar-refractivity contribution >= 4 is 0 Å². The molecule has 3 fully saturated rings. The normalized spacial score (nSPS) is 34.5. The van der Waals surface area contributed by atoms with Gasteiger partial charge in [-0.15, -0.1) is 0 Å². The lowest BCUT2D eigenvalue weighted by Crippen LogP contribution is -2.57. The Bertz CT molecular complexity index is 525. The van der Waals surface area contributed by atoms with Gasteiger partial charge in [0.1, 0.15) is 0 Å². The van der Waals surface area contributed by atoms with Crippen LogP contribution in [0.5, 0.6) is 0 Å². The summed E-state index contributed by atoms with van der Waals surface area (Å²) in [4.78, 5) is 5.31. The van der Waals surface area contributed by atoms with Gasteiger partial charge in [-0.2, -0.15) is 0 Å². The van der Waals surface area contributed by atoms with Crippen molar-refractivity contribution in [2.75, 3.05) is 39.3 Å². The molecule has 5 nitrogen and oxygen atoms in total. The number of nitrogens with zero attached hydrogens (tertiary/aromatic N) is 2. The molecule has 0 aliphatic carbocycles. The van der Waals surface area contributed by atoms with Gasteiger partial charge in [-0.1, -0.05) is 30.3 Å². The van der Waals surface area contributed by atoms with Crippen LogP contribution in [0, 0.1) is 5.92 Å². The molecular formula is C19H30N4O. The molecule has 5 heteroatoms. The molecular weight excluding hydrogens is 300 g/mol. The van der Waals surface area contributed by atoms with E-state index in [1.165, 1.54) is 31.5 Å². The number of rotatable bonds is 5. The average molecular weight is 330 g/mol. The molecule has 0 amide bonds. The summed E-state index contributed by atoms with van der Waals surface area (Å²) in [5.74, 6) is 0.571. The lowest BCUT2D eigenvalue weighted by molar-refractivity contribution is 0.0283. The lowest BCUT2D eigenvalue weighted by atomic mass is 9.93. The van der Waals surface area contributed by atoms with Gasteiger partial charge in [0.25, 0.3) is 0 Å². The summed E-state index contributed by atoms with van der Waals surface area (Å²) < 4.78 is 0. The molecule has 0 aromatic heterocycles. The van der Waals surface area contributed by atoms with E-state index in [1.54, 1.807) is 0 Å². The zero-order valence-electron chi connectivity index (χ0n) is 14.4. The van der Waals surface area contributed by atoms with Crippen molar-refractivity contribution in [3.63, 3.8) is 0 Å². The standard InChI is InChI=1S/C19H30N4O/c24-10-8-18-13-22-9-4-7-17(22)14-23(18)12-16-11-20-21-19(16)15-5-2-1-3-6-15/h1-3,5-6,16-21,24H,4,7-14H2/t16?,17?,18-,19?/m0/s1. The number of hydrogen-bond donors (Lipinski definition) is 3. The van der Waals surface area contributed by atoms with Crippen LogP contribution in [0.4, 0.5) is 0 Å². The van der Waals surface area contributed by atoms with Gasteiger partial charge in [0.2, 0.25) is 0 Å². The predicted octanol–water partition coefficient (Wildman–Crippen LogP) is 0.983. The number of nitrogens with one attached hydrogen (secondary N) is 2. The predicted molar refractivity (Wildman–Crippen MR) is 95.5 cm³/mol. The van der Waals surface area contributed by atoms with Gasteiger partial charge in [0, 0.05) is 50.8 Å². The molecule has 1 aromatic rings. The van der Waals surface area contributed by atoms with Crippen molar-refractivity contribution < 1.29 is 5.11 Å². The van der Waals surface area contributed by atoms with Crippen molar-refractivity contribution in [3.05, 3.63) is 35.9 Å². The fourth-order valence-corrected chi connectivity index (χ4v) is 4.82. The molecule has 1 aromatic carbocycles. The third-order valence-corrected chi connectivity index (χ3v) is 6.09. The summed E-state index contributed by atoms with van der Waals surface area (Å²) in [6.45, 7) is 5.96. The van der Waals surface area contributed by atoms with E-state index in [4.69, 9.17) is 0 Å². The van der Waals surface area contributed by atoms with Gasteiger partial charge in [-0.25, -0.2) is 5.43 Å². The average Bonchev–Trinajstić information content (AvgIpc) is 3.25. The monoisotopic (exact) mass is 330 g/mol. The van der Waals surface area contributed by atoms with Crippen LogP contribution in [-0.4, -0.2) is 66.3 Å². The highest BCUT2D eigenvalue weighted by Gasteiger charge is 2.38. The summed E-state index contributed by atoms with van der Waals surface area (Å²) in [6, 6.07) is 12.4. The Balaban J connectivity index is 1.45. The van der Waals surface area contributed by atoms with Gasteiger partial charge < -0.3 is 5.11 Å². The zero-order chi connectivity index (χ0) is 16.4. The summed E-state index contributed by atoms with van der Waals surface area (Å²) in [6.07, 6.45) is 3.57. The van der Waals surface area contributed by atoms with Gasteiger partial charge in [0.05, 0.1) is 6.04 Å². The van der Waals surface area contributed by atoms with Crippen LogP contribution >= 0.6 is 0 Å². The van der Waals surface area contributed by atoms with E-state index in [0.717, 1.165) is 32.1 Å². The molecule has 0 radical (unpaired) electrons. The maximum atomic E-state index is 9.50. The molecule has 3 unspecified atom stereocenters. The Kier molecular flexibility index (Phi) is 5.15. The van der Waals surface area contributed by atoms with Crippen LogP contribution in [0.15, 0.2) is 30.3 Å². The lowest BCUT2D eigenvalue weighted by Gasteiger charge is -2.45. The molecule has 0 spiro atoms. The Hall–Kier alpha value is -0.980. The molecule has 3 N–H and O–H groups in total. The summed E-state index contributed by atoms with van der Waals surface area (Å²) in [5, 5.41) is 9.50. The molecule has 24 heavy (non-hydrogen) atoms. The number of aliphatic hydroxyl groups is 1. The van der Waals surface area contributed by atoms with Crippen LogP contribution in [0.25, 0.3) is 0 Å². The topological polar surface area (TPSA) is 50.8 Å². The smallest absolute Gasteiger partial charge is 0.0515 e. The SMILES string of the molecule is OCC[C@H]1CN2CCCC2CN1CC1CNNC1c1ccccc1. The largest absolute Gasteiger partial charge is 0.396 e. The minimum atomic E-state index is 0.295. The first kappa shape index (κ1) is 16.5. The van der Waals surface area contributed by atoms with Crippen LogP contribution < -0.4 is 10.9 Å². The third-order valence-electron chi connectivity index (χ3n) is 6.09. The second-order valence-electron chi connectivity index (χ2n) is 7.58. The highest BCUT2D eigenvalue weighted by molar-refractivity contribution is 5.20. The summed E-state index contributed by atoms with van der Waals surface area (Å²) >= 11 is 0. The molecule has 3 aliphatic rings. The summed E-state index contributed by atoms with van der Waals surface area (Å²) in [5.41, 5.74) is 8.20. The van der Waals surface area contributed by atoms with Crippen LogP contribution in [0.3, 0.4) is 0 Å². The molecule has 0 saturated carbocycles. The number of fused-ring (bicyclic) bond motifs is 1. The number of hydrazine groups is 1. The van der Waals surface area contributed by atoms with E-state index >= 15 is 0 Å². The van der Waals surface area contributed by atoms with Gasteiger partial charge >= 0.3 is 0 Å². The molecule has 3 heterocycles. The fraction of sp³-hybridized carbons (Fsp3) is 0.684. The van der Waals surface area contributed by atoms with Crippen LogP contribution in [0.2, 0.25) is 0 Å². The van der Waals surface area contributed by atoms with Crippen LogP contribution in [0.1, 0.15) is 30.9 Å². The molecule has 132 valence electrons. The van der Waals surface area contributed by atoms with E-state index in [1.807, 2.05) is 0 Å². The quantitative estimate of drug-likeness (QED) is 0.751. The third kappa shape index (κ3) is 3.37. The molecule has 3 saturated heterocycles. The highest BCUT2D eigenvalue weighted by atomic mass is 16.3. The second kappa shape index (κ2) is 7.50. The molecule has 0 bridgehead atoms. The molecule has 3 aliphatic heterocycles. The zero-order valence-corrected chi connectivity index (χ0v) is 14.4. The fourth-order valence-electron chi connectivity index (χ4n) is 4.82. The van der Waals surface area contributed by atoms with Crippen LogP contribution in [-0.2, 0) is 0 Å². The number of benzene rings is 1. The Labute approximate surface area is 145 Å². The minimum Gasteiger partial charge on any atom is -0.396 e. The number of piperazine rings is 1. The second-order valence-corrected chi connectivity index (χ2v) is 7.58. The van der Waals surface area contributed by atoms with Gasteiger partial charge in [0.15, 0.2) is 0 Å². The number of hydrogen-bond acceptors (Lipinski definition) is 5. The highest BCUT2D eigenvalue weighted by Crippen LogP contribution is 2.30. The van der Waals surface area contributed by atoms with E-state index in [9.17, 15) is 5.11 Å². The van der Waals surface area contributed by atoms with Gasteiger partial charge in [-0.05, 0) is 31.4 Å². The maximum absolute atomic E-state index is 9.50. The first-order valence-electron chi connectivity index (χ1n) is 9.47. The van der Waals surface area contributed by atoms with Crippen molar-refractivity contribution in [2.24, 2.45) is 5.92 Å². The Morgan fingerprint density at radius 3 is 2.88 bits per heavy atom. The van der Waals surface area contributed by atoms with Crippen molar-refractivity contribution in [2.45, 2.75) is 37.4 Å². The Morgan fingerprint density at radius 1 is 1.17 bits per heavy atom. The minimum absolute atomic E-state index is 0.295. The summed E-state index contributed by atoms with van der Waals surface area (Å²) in [7, 11) is 0. The Morgan fingerprint density at radius 2 is 2.04 bits per heavy atom. The maximum Gasteiger partial charge on any atom is 0.0515 e. The first-order valence-corrected chi connectivity index (χ1v) is 9.47. The molecule has 4 rings (SSSR count). The van der Waals surface area contributed by atoms with Crippen molar-refractivity contribution in [3.8, 4) is 0 Å². The van der Waals surface area contributed by atoms with E-state index < -0.39 is 0 Å². The first-order chi connectivity index (χ1) is 11.8. The molecule has 4 atom stereocenters. The van der Waals surface area contributed by atoms with Crippen molar-refractivity contribution in [1.82, 2.24) is 20.7 Å².